The van der Waals surface area contributed by atoms with Gasteiger partial charge >= 0.3 is 0 Å². The van der Waals surface area contributed by atoms with Gasteiger partial charge in [0.15, 0.2) is 5.78 Å². The van der Waals surface area contributed by atoms with E-state index in [1.807, 2.05) is 0 Å². The maximum absolute atomic E-state index is 12.2. The topological polar surface area (TPSA) is 54.4 Å². The molecule has 4 rings (SSSR count). The third-order valence-electron chi connectivity index (χ3n) is 9.22. The van der Waals surface area contributed by atoms with Gasteiger partial charge in [0, 0.05) is 18.3 Å². The van der Waals surface area contributed by atoms with Crippen molar-refractivity contribution in [3.8, 4) is 0 Å². The van der Waals surface area contributed by atoms with Crippen molar-refractivity contribution in [1.82, 2.24) is 0 Å². The predicted molar refractivity (Wildman–Crippen MR) is 92.4 cm³/mol. The van der Waals surface area contributed by atoms with Crippen LogP contribution in [0.4, 0.5) is 0 Å². The third kappa shape index (κ3) is 1.94. The standard InChI is InChI=1S/C21H32O3/c1-13(22)21(24)11-8-18-16-5-4-14-12-15(23)6-9-19(14,2)17(16)7-10-20(18,21)3/h14,16-18,24H,4-12H2,1-3H3/t14-,16-,17+,18+,19-,20+,21+/m0/s1. The Kier molecular flexibility index (Phi) is 3.60. The SMILES string of the molecule is CC(=O)[C@]1(O)CC[C@@H]2[C@H]3CC[C@H]4CC(=O)CC[C@]4(C)[C@@H]3CC[C@]21C. The van der Waals surface area contributed by atoms with Crippen molar-refractivity contribution in [2.75, 3.05) is 0 Å². The van der Waals surface area contributed by atoms with Crippen molar-refractivity contribution < 1.29 is 14.7 Å². The summed E-state index contributed by atoms with van der Waals surface area (Å²) in [5, 5.41) is 11.2. The van der Waals surface area contributed by atoms with E-state index >= 15 is 0 Å². The van der Waals surface area contributed by atoms with E-state index in [0.29, 0.717) is 41.3 Å². The summed E-state index contributed by atoms with van der Waals surface area (Å²) in [5.74, 6) is 2.78. The van der Waals surface area contributed by atoms with Crippen LogP contribution in [0, 0.1) is 34.5 Å². The molecule has 7 atom stereocenters. The van der Waals surface area contributed by atoms with Crippen LogP contribution in [0.3, 0.4) is 0 Å². The molecule has 0 aromatic rings. The Morgan fingerprint density at radius 1 is 1.04 bits per heavy atom. The van der Waals surface area contributed by atoms with Crippen molar-refractivity contribution in [3.63, 3.8) is 0 Å². The number of ketones is 2. The lowest BCUT2D eigenvalue weighted by atomic mass is 9.44. The Labute approximate surface area is 145 Å². The highest BCUT2D eigenvalue weighted by atomic mass is 16.3. The van der Waals surface area contributed by atoms with Crippen LogP contribution in [-0.2, 0) is 9.59 Å². The van der Waals surface area contributed by atoms with Crippen molar-refractivity contribution in [2.24, 2.45) is 34.5 Å². The van der Waals surface area contributed by atoms with Crippen LogP contribution in [0.25, 0.3) is 0 Å². The van der Waals surface area contributed by atoms with Gasteiger partial charge in [-0.1, -0.05) is 13.8 Å². The molecule has 4 aliphatic rings. The molecule has 0 saturated heterocycles. The zero-order valence-electron chi connectivity index (χ0n) is 15.4. The first-order valence-corrected chi connectivity index (χ1v) is 9.97. The molecular formula is C21H32O3. The molecule has 0 unspecified atom stereocenters. The van der Waals surface area contributed by atoms with Gasteiger partial charge < -0.3 is 5.11 Å². The summed E-state index contributed by atoms with van der Waals surface area (Å²) in [6.45, 7) is 6.20. The number of fused-ring (bicyclic) bond motifs is 5. The van der Waals surface area contributed by atoms with Crippen LogP contribution < -0.4 is 0 Å². The fourth-order valence-corrected chi connectivity index (χ4v) is 7.64. The average molecular weight is 332 g/mol. The highest BCUT2D eigenvalue weighted by Gasteiger charge is 2.65. The second-order valence-electron chi connectivity index (χ2n) is 9.81. The predicted octanol–water partition coefficient (Wildman–Crippen LogP) is 3.92. The van der Waals surface area contributed by atoms with Gasteiger partial charge in [-0.15, -0.1) is 0 Å². The van der Waals surface area contributed by atoms with E-state index in [1.54, 1.807) is 6.92 Å². The molecular weight excluding hydrogens is 300 g/mol. The minimum absolute atomic E-state index is 0.0332. The molecule has 0 bridgehead atoms. The minimum Gasteiger partial charge on any atom is -0.382 e. The average Bonchev–Trinajstić information content (AvgIpc) is 2.81. The van der Waals surface area contributed by atoms with Gasteiger partial charge in [0.1, 0.15) is 11.4 Å². The molecule has 4 aliphatic carbocycles. The van der Waals surface area contributed by atoms with Crippen molar-refractivity contribution in [1.29, 1.82) is 0 Å². The van der Waals surface area contributed by atoms with E-state index in [4.69, 9.17) is 0 Å². The number of rotatable bonds is 1. The monoisotopic (exact) mass is 332 g/mol. The molecule has 0 aromatic heterocycles. The number of Topliss-reactive ketones (excluding diaryl/α,β-unsaturated/α-hetero) is 2. The minimum atomic E-state index is -1.11. The number of hydrogen-bond acceptors (Lipinski definition) is 3. The fraction of sp³-hybridized carbons (Fsp3) is 0.905. The van der Waals surface area contributed by atoms with Crippen molar-refractivity contribution >= 4 is 11.6 Å². The number of hydrogen-bond donors (Lipinski definition) is 1. The lowest BCUT2D eigenvalue weighted by Gasteiger charge is -2.60. The summed E-state index contributed by atoms with van der Waals surface area (Å²) in [6.07, 6.45) is 8.67. The van der Waals surface area contributed by atoms with Gasteiger partial charge in [0.25, 0.3) is 0 Å². The van der Waals surface area contributed by atoms with E-state index in [-0.39, 0.29) is 11.2 Å². The van der Waals surface area contributed by atoms with Gasteiger partial charge in [0.2, 0.25) is 0 Å². The maximum atomic E-state index is 12.2. The molecule has 3 heteroatoms. The largest absolute Gasteiger partial charge is 0.382 e. The van der Waals surface area contributed by atoms with Crippen molar-refractivity contribution in [2.45, 2.75) is 84.2 Å². The van der Waals surface area contributed by atoms with Crippen molar-refractivity contribution in [3.05, 3.63) is 0 Å². The summed E-state index contributed by atoms with van der Waals surface area (Å²) in [5.41, 5.74) is -1.05. The molecule has 1 N–H and O–H groups in total. The highest BCUT2D eigenvalue weighted by Crippen LogP contribution is 2.68. The number of carbonyl (C=O) groups is 2. The molecule has 24 heavy (non-hydrogen) atoms. The molecule has 0 amide bonds. The third-order valence-corrected chi connectivity index (χ3v) is 9.22. The van der Waals surface area contributed by atoms with Crippen LogP contribution in [0.2, 0.25) is 0 Å². The van der Waals surface area contributed by atoms with Crippen LogP contribution in [0.5, 0.6) is 0 Å². The van der Waals surface area contributed by atoms with E-state index in [0.717, 1.165) is 44.9 Å². The first-order chi connectivity index (χ1) is 11.2. The summed E-state index contributed by atoms with van der Waals surface area (Å²) in [6, 6.07) is 0. The van der Waals surface area contributed by atoms with Gasteiger partial charge in [-0.05, 0) is 81.0 Å². The molecule has 0 aliphatic heterocycles. The zero-order chi connectivity index (χ0) is 17.3. The molecule has 134 valence electrons. The lowest BCUT2D eigenvalue weighted by Crippen LogP contribution is -2.58. The molecule has 4 saturated carbocycles. The number of aliphatic hydroxyl groups is 1. The van der Waals surface area contributed by atoms with E-state index in [9.17, 15) is 14.7 Å². The summed E-state index contributed by atoms with van der Waals surface area (Å²) in [4.78, 5) is 24.2. The molecule has 4 fully saturated rings. The molecule has 0 aromatic carbocycles. The Morgan fingerprint density at radius 3 is 2.46 bits per heavy atom. The van der Waals surface area contributed by atoms with Gasteiger partial charge in [-0.25, -0.2) is 0 Å². The van der Waals surface area contributed by atoms with Gasteiger partial charge in [0.05, 0.1) is 0 Å². The summed E-state index contributed by atoms with van der Waals surface area (Å²) < 4.78 is 0. The van der Waals surface area contributed by atoms with Crippen LogP contribution in [0.15, 0.2) is 0 Å². The maximum Gasteiger partial charge on any atom is 0.161 e. The summed E-state index contributed by atoms with van der Waals surface area (Å²) >= 11 is 0. The Bertz CT molecular complexity index is 584. The molecule has 0 radical (unpaired) electrons. The quantitative estimate of drug-likeness (QED) is 0.792. The first kappa shape index (κ1) is 16.8. The number of carbonyl (C=O) groups excluding carboxylic acids is 2. The smallest absolute Gasteiger partial charge is 0.161 e. The second-order valence-corrected chi connectivity index (χ2v) is 9.81. The lowest BCUT2D eigenvalue weighted by molar-refractivity contribution is -0.169. The van der Waals surface area contributed by atoms with E-state index in [2.05, 4.69) is 13.8 Å². The Balaban J connectivity index is 1.66. The fourth-order valence-electron chi connectivity index (χ4n) is 7.64. The highest BCUT2D eigenvalue weighted by molar-refractivity contribution is 5.86. The van der Waals surface area contributed by atoms with E-state index in [1.165, 1.54) is 6.42 Å². The van der Waals surface area contributed by atoms with Crippen LogP contribution in [-0.4, -0.2) is 22.3 Å². The van der Waals surface area contributed by atoms with Crippen LogP contribution >= 0.6 is 0 Å². The van der Waals surface area contributed by atoms with E-state index < -0.39 is 5.60 Å². The molecule has 0 spiro atoms. The second kappa shape index (κ2) is 5.16. The van der Waals surface area contributed by atoms with Gasteiger partial charge in [-0.3, -0.25) is 9.59 Å². The first-order valence-electron chi connectivity index (χ1n) is 9.97. The summed E-state index contributed by atoms with van der Waals surface area (Å²) in [7, 11) is 0. The van der Waals surface area contributed by atoms with Gasteiger partial charge in [-0.2, -0.15) is 0 Å². The Morgan fingerprint density at radius 2 is 1.75 bits per heavy atom. The van der Waals surface area contributed by atoms with Crippen LogP contribution in [0.1, 0.15) is 78.6 Å². The molecule has 3 nitrogen and oxygen atoms in total. The molecule has 0 heterocycles. The normalized spacial score (nSPS) is 53.9. The zero-order valence-corrected chi connectivity index (χ0v) is 15.4. The Hall–Kier alpha value is -0.700.